The monoisotopic (exact) mass is 435 g/mol. The maximum absolute atomic E-state index is 14.0. The van der Waals surface area contributed by atoms with Gasteiger partial charge in [0.2, 0.25) is 11.6 Å². The second-order valence-corrected chi connectivity index (χ2v) is 6.24. The Morgan fingerprint density at radius 2 is 1.61 bits per heavy atom. The van der Waals surface area contributed by atoms with Crippen LogP contribution >= 0.6 is 0 Å². The molecule has 6 nitrogen and oxygen atoms in total. The van der Waals surface area contributed by atoms with E-state index < -0.39 is 47.1 Å². The molecule has 1 aromatic heterocycles. The highest BCUT2D eigenvalue weighted by atomic mass is 19.2. The number of nitrogens with zero attached hydrogens (tertiary/aromatic N) is 1. The number of rotatable bonds is 8. The van der Waals surface area contributed by atoms with Crippen LogP contribution in [0.4, 0.5) is 23.2 Å². The molecular weight excluding hydrogens is 418 g/mol. The number of benzene rings is 2. The molecule has 3 rings (SSSR count). The lowest BCUT2D eigenvalue weighted by molar-refractivity contribution is 0.0209. The van der Waals surface area contributed by atoms with Gasteiger partial charge in [-0.15, -0.1) is 0 Å². The van der Waals surface area contributed by atoms with Crippen molar-refractivity contribution in [3.8, 4) is 5.75 Å². The second-order valence-electron chi connectivity index (χ2n) is 6.24. The molecule has 2 aromatic carbocycles. The number of hydrogen-bond acceptors (Lipinski definition) is 5. The summed E-state index contributed by atoms with van der Waals surface area (Å²) in [5.74, 6) is -8.66. The van der Waals surface area contributed by atoms with E-state index in [4.69, 9.17) is 4.84 Å². The average molecular weight is 435 g/mol. The number of amides is 1. The highest BCUT2D eigenvalue weighted by molar-refractivity contribution is 5.99. The van der Waals surface area contributed by atoms with Crippen molar-refractivity contribution in [2.45, 2.75) is 13.2 Å². The molecule has 162 valence electrons. The summed E-state index contributed by atoms with van der Waals surface area (Å²) in [6.45, 7) is -0.539. The molecule has 0 unspecified atom stereocenters. The minimum atomic E-state index is -1.70. The fourth-order valence-corrected chi connectivity index (χ4v) is 2.72. The molecule has 0 aliphatic rings. The Hall–Kier alpha value is -3.66. The van der Waals surface area contributed by atoms with Gasteiger partial charge in [-0.05, 0) is 29.8 Å². The normalized spacial score (nSPS) is 10.6. The van der Waals surface area contributed by atoms with E-state index in [1.54, 1.807) is 42.7 Å². The van der Waals surface area contributed by atoms with Crippen molar-refractivity contribution in [1.82, 2.24) is 10.5 Å². The number of hydrogen-bond donors (Lipinski definition) is 2. The van der Waals surface area contributed by atoms with Crippen molar-refractivity contribution in [3.63, 3.8) is 0 Å². The topological polar surface area (TPSA) is 72.5 Å². The van der Waals surface area contributed by atoms with E-state index in [0.29, 0.717) is 12.2 Å². The van der Waals surface area contributed by atoms with Crippen LogP contribution in [0.2, 0.25) is 0 Å². The van der Waals surface area contributed by atoms with Crippen LogP contribution in [0.25, 0.3) is 0 Å². The summed E-state index contributed by atoms with van der Waals surface area (Å²) in [4.78, 5) is 21.2. The lowest BCUT2D eigenvalue weighted by atomic mass is 10.1. The summed E-state index contributed by atoms with van der Waals surface area (Å²) in [5, 5.41) is 3.09. The van der Waals surface area contributed by atoms with Crippen molar-refractivity contribution in [2.75, 3.05) is 12.4 Å². The number of halogens is 4. The Morgan fingerprint density at radius 1 is 0.968 bits per heavy atom. The first kappa shape index (κ1) is 22.0. The fourth-order valence-electron chi connectivity index (χ4n) is 2.72. The Bertz CT molecular complexity index is 1050. The quantitative estimate of drug-likeness (QED) is 0.316. The molecule has 0 aliphatic heterocycles. The molecule has 0 saturated heterocycles. The summed E-state index contributed by atoms with van der Waals surface area (Å²) in [7, 11) is 0.872. The zero-order valence-corrected chi connectivity index (χ0v) is 16.2. The molecule has 1 amide bonds. The molecule has 1 heterocycles. The van der Waals surface area contributed by atoms with Crippen LogP contribution in [0, 0.1) is 23.3 Å². The number of carbonyl (C=O) groups is 1. The van der Waals surface area contributed by atoms with E-state index in [9.17, 15) is 22.4 Å². The zero-order valence-electron chi connectivity index (χ0n) is 16.2. The standard InChI is InChI=1S/C21H17F4N3O3/c1-30-20-18(24)16(22)14(17(23)19(20)25)11-31-28-21(29)13-4-2-3-5-15(13)27-10-12-6-8-26-9-7-12/h2-9,27H,10-11H2,1H3,(H,28,29). The van der Waals surface area contributed by atoms with E-state index in [1.807, 2.05) is 5.48 Å². The van der Waals surface area contributed by atoms with E-state index in [2.05, 4.69) is 15.0 Å². The summed E-state index contributed by atoms with van der Waals surface area (Å²) >= 11 is 0. The van der Waals surface area contributed by atoms with Gasteiger partial charge in [0.15, 0.2) is 17.4 Å². The molecule has 0 atom stereocenters. The second kappa shape index (κ2) is 9.90. The van der Waals surface area contributed by atoms with Gasteiger partial charge in [0.05, 0.1) is 18.2 Å². The SMILES string of the molecule is COc1c(F)c(F)c(CONC(=O)c2ccccc2NCc2ccncc2)c(F)c1F. The Morgan fingerprint density at radius 3 is 2.26 bits per heavy atom. The number of anilines is 1. The van der Waals surface area contributed by atoms with Crippen molar-refractivity contribution >= 4 is 11.6 Å². The molecule has 2 N–H and O–H groups in total. The molecular formula is C21H17F4N3O3. The predicted molar refractivity (Wildman–Crippen MR) is 103 cm³/mol. The van der Waals surface area contributed by atoms with E-state index in [1.165, 1.54) is 6.07 Å². The largest absolute Gasteiger partial charge is 0.491 e. The molecule has 0 aliphatic carbocycles. The maximum atomic E-state index is 14.0. The van der Waals surface area contributed by atoms with Crippen LogP contribution in [0.1, 0.15) is 21.5 Å². The minimum absolute atomic E-state index is 0.185. The highest BCUT2D eigenvalue weighted by Gasteiger charge is 2.26. The van der Waals surface area contributed by atoms with Gasteiger partial charge < -0.3 is 10.1 Å². The van der Waals surface area contributed by atoms with E-state index >= 15 is 0 Å². The van der Waals surface area contributed by atoms with Gasteiger partial charge in [0.1, 0.15) is 6.61 Å². The smallest absolute Gasteiger partial charge is 0.276 e. The van der Waals surface area contributed by atoms with Gasteiger partial charge in [-0.1, -0.05) is 12.1 Å². The number of ether oxygens (including phenoxy) is 1. The maximum Gasteiger partial charge on any atom is 0.276 e. The Kier molecular flexibility index (Phi) is 7.03. The van der Waals surface area contributed by atoms with E-state index in [-0.39, 0.29) is 5.56 Å². The lowest BCUT2D eigenvalue weighted by Crippen LogP contribution is -2.25. The molecule has 0 radical (unpaired) electrons. The fraction of sp³-hybridized carbons (Fsp3) is 0.143. The lowest BCUT2D eigenvalue weighted by Gasteiger charge is -2.13. The van der Waals surface area contributed by atoms with Crippen molar-refractivity contribution in [2.24, 2.45) is 0 Å². The number of hydroxylamine groups is 1. The average Bonchev–Trinajstić information content (AvgIpc) is 2.80. The molecule has 0 spiro atoms. The Balaban J connectivity index is 1.67. The summed E-state index contributed by atoms with van der Waals surface area (Å²) < 4.78 is 59.8. The summed E-state index contributed by atoms with van der Waals surface area (Å²) in [6, 6.07) is 10.1. The van der Waals surface area contributed by atoms with Crippen LogP contribution in [-0.4, -0.2) is 18.0 Å². The van der Waals surface area contributed by atoms with E-state index in [0.717, 1.165) is 12.7 Å². The zero-order chi connectivity index (χ0) is 22.4. The third-order valence-electron chi connectivity index (χ3n) is 4.30. The first-order chi connectivity index (χ1) is 14.9. The third kappa shape index (κ3) is 4.92. The summed E-state index contributed by atoms with van der Waals surface area (Å²) in [6.07, 6.45) is 3.26. The van der Waals surface area contributed by atoms with Crippen molar-refractivity contribution in [1.29, 1.82) is 0 Å². The van der Waals surface area contributed by atoms with Crippen LogP contribution in [0.3, 0.4) is 0 Å². The predicted octanol–water partition coefficient (Wildman–Crippen LogP) is 4.12. The highest BCUT2D eigenvalue weighted by Crippen LogP contribution is 2.30. The van der Waals surface area contributed by atoms with Crippen LogP contribution < -0.4 is 15.5 Å². The third-order valence-corrected chi connectivity index (χ3v) is 4.30. The first-order valence-electron chi connectivity index (χ1n) is 8.96. The number of aromatic nitrogens is 1. The number of carbonyl (C=O) groups excluding carboxylic acids is 1. The molecule has 3 aromatic rings. The summed E-state index contributed by atoms with van der Waals surface area (Å²) in [5.41, 5.74) is 2.57. The van der Waals surface area contributed by atoms with Crippen LogP contribution in [0.5, 0.6) is 5.75 Å². The minimum Gasteiger partial charge on any atom is -0.491 e. The van der Waals surface area contributed by atoms with Crippen molar-refractivity contribution < 1.29 is 31.9 Å². The molecule has 10 heteroatoms. The van der Waals surface area contributed by atoms with Gasteiger partial charge in [0.25, 0.3) is 5.91 Å². The van der Waals surface area contributed by atoms with Gasteiger partial charge in [-0.3, -0.25) is 14.6 Å². The number of methoxy groups -OCH3 is 1. The van der Waals surface area contributed by atoms with Gasteiger partial charge >= 0.3 is 0 Å². The van der Waals surface area contributed by atoms with Gasteiger partial charge in [-0.2, -0.15) is 8.78 Å². The molecule has 0 bridgehead atoms. The van der Waals surface area contributed by atoms with Crippen LogP contribution in [0.15, 0.2) is 48.8 Å². The number of pyridine rings is 1. The molecule has 0 fully saturated rings. The van der Waals surface area contributed by atoms with Crippen molar-refractivity contribution in [3.05, 3.63) is 88.8 Å². The number of nitrogens with one attached hydrogen (secondary N) is 2. The number of para-hydroxylation sites is 1. The van der Waals surface area contributed by atoms with Crippen LogP contribution in [-0.2, 0) is 18.0 Å². The molecule has 31 heavy (non-hydrogen) atoms. The molecule has 0 saturated carbocycles. The Labute approximate surface area is 174 Å². The first-order valence-corrected chi connectivity index (χ1v) is 8.96. The van der Waals surface area contributed by atoms with Gasteiger partial charge in [0, 0.05) is 24.6 Å². The van der Waals surface area contributed by atoms with Gasteiger partial charge in [-0.25, -0.2) is 14.3 Å².